The van der Waals surface area contributed by atoms with Crippen molar-refractivity contribution in [2.45, 2.75) is 51.1 Å². The molecule has 2 aromatic rings. The molecule has 0 N–H and O–H groups in total. The van der Waals surface area contributed by atoms with Crippen LogP contribution in [0, 0.1) is 12.8 Å². The monoisotopic (exact) mass is 392 g/mol. The molecule has 5 nitrogen and oxygen atoms in total. The van der Waals surface area contributed by atoms with Crippen molar-refractivity contribution in [1.82, 2.24) is 19.5 Å². The molecule has 150 valence electrons. The number of piperidine rings is 1. The number of hydrogen-bond donors (Lipinski definition) is 0. The van der Waals surface area contributed by atoms with Gasteiger partial charge in [0.25, 0.3) is 0 Å². The quantitative estimate of drug-likeness (QED) is 0.723. The number of likely N-dealkylation sites (tertiary alicyclic amines) is 1. The molecular formula is C20H23F3N4O. The van der Waals surface area contributed by atoms with E-state index in [1.165, 1.54) is 0 Å². The summed E-state index contributed by atoms with van der Waals surface area (Å²) in [7, 11) is 0. The lowest BCUT2D eigenvalue weighted by molar-refractivity contribution is -0.142. The largest absolute Gasteiger partial charge is 0.433 e. The van der Waals surface area contributed by atoms with E-state index in [2.05, 4.69) is 22.2 Å². The molecule has 1 aliphatic heterocycles. The van der Waals surface area contributed by atoms with Crippen molar-refractivity contribution in [3.8, 4) is 0 Å². The van der Waals surface area contributed by atoms with Crippen LogP contribution in [0.1, 0.15) is 55.1 Å². The Kier molecular flexibility index (Phi) is 4.89. The predicted molar refractivity (Wildman–Crippen MR) is 97.8 cm³/mol. The van der Waals surface area contributed by atoms with Gasteiger partial charge in [0.15, 0.2) is 5.65 Å². The highest BCUT2D eigenvalue weighted by atomic mass is 19.4. The first-order valence-electron chi connectivity index (χ1n) is 9.71. The van der Waals surface area contributed by atoms with E-state index in [-0.39, 0.29) is 23.4 Å². The van der Waals surface area contributed by atoms with Crippen LogP contribution in [-0.2, 0) is 11.0 Å². The number of carbonyl (C=O) groups is 1. The highest BCUT2D eigenvalue weighted by Crippen LogP contribution is 2.33. The minimum Gasteiger partial charge on any atom is -0.342 e. The first kappa shape index (κ1) is 19.0. The third-order valence-electron chi connectivity index (χ3n) is 5.63. The maximum absolute atomic E-state index is 13.4. The van der Waals surface area contributed by atoms with Gasteiger partial charge >= 0.3 is 6.18 Å². The second kappa shape index (κ2) is 7.22. The number of aryl methyl sites for hydroxylation is 1. The summed E-state index contributed by atoms with van der Waals surface area (Å²) in [4.78, 5) is 18.9. The van der Waals surface area contributed by atoms with Crippen LogP contribution in [-0.4, -0.2) is 38.5 Å². The normalized spacial score (nSPS) is 23.4. The van der Waals surface area contributed by atoms with Crippen molar-refractivity contribution in [3.05, 3.63) is 41.4 Å². The molecule has 28 heavy (non-hydrogen) atoms. The van der Waals surface area contributed by atoms with E-state index in [1.807, 2.05) is 4.90 Å². The van der Waals surface area contributed by atoms with Crippen molar-refractivity contribution in [2.75, 3.05) is 13.1 Å². The molecule has 0 bridgehead atoms. The van der Waals surface area contributed by atoms with Crippen LogP contribution < -0.4 is 0 Å². The third kappa shape index (κ3) is 3.64. The molecule has 1 amide bonds. The van der Waals surface area contributed by atoms with Gasteiger partial charge in [-0.15, -0.1) is 0 Å². The predicted octanol–water partition coefficient (Wildman–Crippen LogP) is 4.12. The second-order valence-corrected chi connectivity index (χ2v) is 7.72. The van der Waals surface area contributed by atoms with Crippen LogP contribution in [0.15, 0.2) is 24.3 Å². The topological polar surface area (TPSA) is 50.5 Å². The number of nitrogens with zero attached hydrogens (tertiary/aromatic N) is 4. The Morgan fingerprint density at radius 3 is 2.75 bits per heavy atom. The average Bonchev–Trinajstić information content (AvgIpc) is 3.10. The van der Waals surface area contributed by atoms with Gasteiger partial charge < -0.3 is 4.90 Å². The first-order valence-corrected chi connectivity index (χ1v) is 9.71. The molecule has 1 aliphatic carbocycles. The summed E-state index contributed by atoms with van der Waals surface area (Å²) >= 11 is 0. The highest BCUT2D eigenvalue weighted by Gasteiger charge is 2.36. The maximum Gasteiger partial charge on any atom is 0.433 e. The summed E-state index contributed by atoms with van der Waals surface area (Å²) in [5, 5.41) is 4.24. The lowest BCUT2D eigenvalue weighted by Crippen LogP contribution is -2.42. The fourth-order valence-corrected chi connectivity index (χ4v) is 4.21. The van der Waals surface area contributed by atoms with Gasteiger partial charge in [0, 0.05) is 36.7 Å². The minimum atomic E-state index is -4.50. The zero-order chi connectivity index (χ0) is 19.9. The number of aromatic nitrogens is 3. The number of halogens is 3. The molecule has 3 heterocycles. The molecule has 0 aromatic carbocycles. The van der Waals surface area contributed by atoms with E-state index >= 15 is 0 Å². The van der Waals surface area contributed by atoms with Crippen LogP contribution >= 0.6 is 0 Å². The number of hydrogen-bond acceptors (Lipinski definition) is 3. The van der Waals surface area contributed by atoms with Crippen LogP contribution in [0.3, 0.4) is 0 Å². The van der Waals surface area contributed by atoms with Gasteiger partial charge in [-0.25, -0.2) is 9.50 Å². The maximum atomic E-state index is 13.4. The SMILES string of the molecule is Cc1cc(C(F)(F)F)n2nc([C@H]3CCCN(C(=O)[C@H]4CC=CCC4)C3)cc2n1. The molecular weight excluding hydrogens is 369 g/mol. The third-order valence-corrected chi connectivity index (χ3v) is 5.63. The zero-order valence-corrected chi connectivity index (χ0v) is 15.7. The average molecular weight is 392 g/mol. The Bertz CT molecular complexity index is 918. The summed E-state index contributed by atoms with van der Waals surface area (Å²) in [5.41, 5.74) is 0.254. The van der Waals surface area contributed by atoms with Gasteiger partial charge in [0.05, 0.1) is 5.69 Å². The van der Waals surface area contributed by atoms with E-state index in [0.29, 0.717) is 24.5 Å². The number of fused-ring (bicyclic) bond motifs is 1. The summed E-state index contributed by atoms with van der Waals surface area (Å²) in [5.74, 6) is 0.105. The molecule has 2 aromatic heterocycles. The Hall–Kier alpha value is -2.38. The van der Waals surface area contributed by atoms with Crippen LogP contribution in [0.25, 0.3) is 5.65 Å². The standard InChI is InChI=1S/C20H23F3N4O/c1-13-10-17(20(21,22)23)27-18(24-13)11-16(25-27)15-8-5-9-26(12-15)19(28)14-6-3-2-4-7-14/h2-3,10-11,14-15H,4-9,12H2,1H3/t14-,15-/m0/s1. The van der Waals surface area contributed by atoms with Gasteiger partial charge in [-0.05, 0) is 45.1 Å². The van der Waals surface area contributed by atoms with Gasteiger partial charge in [-0.1, -0.05) is 12.2 Å². The lowest BCUT2D eigenvalue weighted by atomic mass is 9.90. The molecule has 0 saturated carbocycles. The molecule has 2 aliphatic rings. The van der Waals surface area contributed by atoms with Crippen molar-refractivity contribution in [2.24, 2.45) is 5.92 Å². The van der Waals surface area contributed by atoms with Crippen LogP contribution in [0.4, 0.5) is 13.2 Å². The summed E-state index contributed by atoms with van der Waals surface area (Å²) in [6.45, 7) is 2.75. The molecule has 4 rings (SSSR count). The van der Waals surface area contributed by atoms with Crippen LogP contribution in [0.2, 0.25) is 0 Å². The van der Waals surface area contributed by atoms with Crippen LogP contribution in [0.5, 0.6) is 0 Å². The number of amides is 1. The summed E-state index contributed by atoms with van der Waals surface area (Å²) in [6, 6.07) is 2.64. The molecule has 0 spiro atoms. The minimum absolute atomic E-state index is 0.0194. The fraction of sp³-hybridized carbons (Fsp3) is 0.550. The molecule has 2 atom stereocenters. The smallest absolute Gasteiger partial charge is 0.342 e. The van der Waals surface area contributed by atoms with Crippen molar-refractivity contribution in [3.63, 3.8) is 0 Å². The molecule has 0 unspecified atom stereocenters. The van der Waals surface area contributed by atoms with Crippen molar-refractivity contribution < 1.29 is 18.0 Å². The van der Waals surface area contributed by atoms with Crippen molar-refractivity contribution >= 4 is 11.6 Å². The van der Waals surface area contributed by atoms with Gasteiger partial charge in [0.1, 0.15) is 5.69 Å². The second-order valence-electron chi connectivity index (χ2n) is 7.72. The molecule has 8 heteroatoms. The Morgan fingerprint density at radius 1 is 1.21 bits per heavy atom. The van der Waals surface area contributed by atoms with Gasteiger partial charge in [0.2, 0.25) is 5.91 Å². The van der Waals surface area contributed by atoms with E-state index in [9.17, 15) is 18.0 Å². The van der Waals surface area contributed by atoms with E-state index in [1.54, 1.807) is 13.0 Å². The summed E-state index contributed by atoms with van der Waals surface area (Å²) in [6.07, 6.45) is 3.85. The number of allylic oxidation sites excluding steroid dienone is 2. The van der Waals surface area contributed by atoms with Gasteiger partial charge in [-0.2, -0.15) is 18.3 Å². The van der Waals surface area contributed by atoms with E-state index < -0.39 is 11.9 Å². The molecule has 0 radical (unpaired) electrons. The Labute approximate surface area is 161 Å². The summed E-state index contributed by atoms with van der Waals surface area (Å²) < 4.78 is 41.0. The number of carbonyl (C=O) groups excluding carboxylic acids is 1. The Morgan fingerprint density at radius 2 is 2.04 bits per heavy atom. The highest BCUT2D eigenvalue weighted by molar-refractivity contribution is 5.79. The zero-order valence-electron chi connectivity index (χ0n) is 15.7. The Balaban J connectivity index is 1.59. The molecule has 1 fully saturated rings. The van der Waals surface area contributed by atoms with Gasteiger partial charge in [-0.3, -0.25) is 4.79 Å². The molecule has 1 saturated heterocycles. The van der Waals surface area contributed by atoms with E-state index in [0.717, 1.165) is 42.7 Å². The van der Waals surface area contributed by atoms with Crippen molar-refractivity contribution in [1.29, 1.82) is 0 Å². The number of rotatable bonds is 2. The van der Waals surface area contributed by atoms with E-state index in [4.69, 9.17) is 0 Å². The lowest BCUT2D eigenvalue weighted by Gasteiger charge is -2.34. The number of alkyl halides is 3. The fourth-order valence-electron chi connectivity index (χ4n) is 4.21. The first-order chi connectivity index (χ1) is 13.3.